The average molecular weight is 266 g/mol. The second-order valence-corrected chi connectivity index (χ2v) is 3.85. The second-order valence-electron chi connectivity index (χ2n) is 3.44. The van der Waals surface area contributed by atoms with Crippen LogP contribution in [0.4, 0.5) is 5.69 Å². The Morgan fingerprint density at radius 3 is 2.78 bits per heavy atom. The highest BCUT2D eigenvalue weighted by Gasteiger charge is 2.12. The third-order valence-electron chi connectivity index (χ3n) is 2.22. The Labute approximate surface area is 107 Å². The van der Waals surface area contributed by atoms with Crippen LogP contribution in [0.3, 0.4) is 0 Å². The van der Waals surface area contributed by atoms with E-state index in [1.165, 1.54) is 30.6 Å². The minimum atomic E-state index is -1.15. The fraction of sp³-hybridized carbons (Fsp3) is 0. The molecule has 1 aromatic heterocycles. The molecule has 3 N–H and O–H groups in total. The molecule has 0 aliphatic rings. The summed E-state index contributed by atoms with van der Waals surface area (Å²) in [6.07, 6.45) is 2.80. The van der Waals surface area contributed by atoms with E-state index in [0.717, 1.165) is 0 Å². The van der Waals surface area contributed by atoms with E-state index in [9.17, 15) is 9.59 Å². The van der Waals surface area contributed by atoms with E-state index in [4.69, 9.17) is 16.7 Å². The summed E-state index contributed by atoms with van der Waals surface area (Å²) in [5.74, 6) is -1.54. The fourth-order valence-corrected chi connectivity index (χ4v) is 1.54. The minimum absolute atomic E-state index is 0.0679. The molecule has 0 fully saturated rings. The number of nitrogens with zero attached hydrogens (tertiary/aromatic N) is 1. The van der Waals surface area contributed by atoms with Crippen molar-refractivity contribution in [3.63, 3.8) is 0 Å². The number of hydrogen-bond acceptors (Lipinski definition) is 3. The molecule has 7 heteroatoms. The molecule has 0 spiro atoms. The fourth-order valence-electron chi connectivity index (χ4n) is 1.35. The molecule has 1 aromatic carbocycles. The summed E-state index contributed by atoms with van der Waals surface area (Å²) in [6, 6.07) is 4.23. The molecular formula is C11H8ClN3O3. The summed E-state index contributed by atoms with van der Waals surface area (Å²) >= 11 is 5.72. The summed E-state index contributed by atoms with van der Waals surface area (Å²) < 4.78 is 0. The SMILES string of the molecule is O=C(Nc1ccc(Cl)c(C(=O)O)c1)c1cn[nH]c1. The Hall–Kier alpha value is -2.34. The lowest BCUT2D eigenvalue weighted by molar-refractivity contribution is 0.0696. The Balaban J connectivity index is 2.22. The van der Waals surface area contributed by atoms with Crippen LogP contribution in [0.15, 0.2) is 30.6 Å². The van der Waals surface area contributed by atoms with Crippen LogP contribution in [-0.4, -0.2) is 27.2 Å². The summed E-state index contributed by atoms with van der Waals surface area (Å²) in [5.41, 5.74) is 0.631. The van der Waals surface area contributed by atoms with Crippen molar-refractivity contribution in [2.75, 3.05) is 5.32 Å². The molecule has 2 aromatic rings. The van der Waals surface area contributed by atoms with Crippen molar-refractivity contribution in [1.82, 2.24) is 10.2 Å². The monoisotopic (exact) mass is 265 g/mol. The predicted molar refractivity (Wildman–Crippen MR) is 65.0 cm³/mol. The summed E-state index contributed by atoms with van der Waals surface area (Å²) in [7, 11) is 0. The number of anilines is 1. The van der Waals surface area contributed by atoms with Crippen molar-refractivity contribution >= 4 is 29.2 Å². The first-order valence-electron chi connectivity index (χ1n) is 4.91. The lowest BCUT2D eigenvalue weighted by atomic mass is 10.2. The number of aromatic amines is 1. The normalized spacial score (nSPS) is 10.1. The van der Waals surface area contributed by atoms with E-state index >= 15 is 0 Å². The van der Waals surface area contributed by atoms with Crippen LogP contribution in [0.5, 0.6) is 0 Å². The van der Waals surface area contributed by atoms with Crippen molar-refractivity contribution in [2.45, 2.75) is 0 Å². The van der Waals surface area contributed by atoms with Gasteiger partial charge in [-0.1, -0.05) is 11.6 Å². The van der Waals surface area contributed by atoms with Crippen LogP contribution in [0.2, 0.25) is 5.02 Å². The number of H-pyrrole nitrogens is 1. The summed E-state index contributed by atoms with van der Waals surface area (Å²) in [6.45, 7) is 0. The first kappa shape index (κ1) is 12.1. The van der Waals surface area contributed by atoms with E-state index < -0.39 is 5.97 Å². The molecule has 0 bridgehead atoms. The van der Waals surface area contributed by atoms with Crippen LogP contribution in [0.25, 0.3) is 0 Å². The van der Waals surface area contributed by atoms with Crippen LogP contribution in [-0.2, 0) is 0 Å². The number of benzene rings is 1. The lowest BCUT2D eigenvalue weighted by Crippen LogP contribution is -2.11. The zero-order valence-corrected chi connectivity index (χ0v) is 9.73. The molecule has 0 atom stereocenters. The van der Waals surface area contributed by atoms with E-state index in [0.29, 0.717) is 11.3 Å². The van der Waals surface area contributed by atoms with Crippen LogP contribution in [0, 0.1) is 0 Å². The number of nitrogens with one attached hydrogen (secondary N) is 2. The molecule has 0 unspecified atom stereocenters. The third kappa shape index (κ3) is 2.49. The Kier molecular flexibility index (Phi) is 3.29. The molecule has 0 saturated carbocycles. The largest absolute Gasteiger partial charge is 0.478 e. The van der Waals surface area contributed by atoms with Gasteiger partial charge in [-0.25, -0.2) is 4.79 Å². The Bertz CT molecular complexity index is 596. The average Bonchev–Trinajstić information content (AvgIpc) is 2.85. The standard InChI is InChI=1S/C11H8ClN3O3/c12-9-2-1-7(3-8(9)11(17)18)15-10(16)6-4-13-14-5-6/h1-5H,(H,13,14)(H,15,16)(H,17,18). The van der Waals surface area contributed by atoms with Gasteiger partial charge in [0.25, 0.3) is 5.91 Å². The molecule has 0 radical (unpaired) electrons. The van der Waals surface area contributed by atoms with Gasteiger partial charge >= 0.3 is 5.97 Å². The maximum absolute atomic E-state index is 11.7. The third-order valence-corrected chi connectivity index (χ3v) is 2.54. The molecule has 0 aliphatic carbocycles. The topological polar surface area (TPSA) is 95.1 Å². The van der Waals surface area contributed by atoms with Crippen molar-refractivity contribution in [2.24, 2.45) is 0 Å². The molecule has 92 valence electrons. The summed E-state index contributed by atoms with van der Waals surface area (Å²) in [5, 5.41) is 17.7. The molecule has 6 nitrogen and oxygen atoms in total. The van der Waals surface area contributed by atoms with Gasteiger partial charge < -0.3 is 10.4 Å². The quantitative estimate of drug-likeness (QED) is 0.791. The number of halogens is 1. The molecule has 2 rings (SSSR count). The molecular weight excluding hydrogens is 258 g/mol. The van der Waals surface area contributed by atoms with Crippen LogP contribution >= 0.6 is 11.6 Å². The van der Waals surface area contributed by atoms with Crippen molar-refractivity contribution in [3.8, 4) is 0 Å². The van der Waals surface area contributed by atoms with Gasteiger partial charge in [-0.15, -0.1) is 0 Å². The molecule has 1 amide bonds. The van der Waals surface area contributed by atoms with Crippen LogP contribution in [0.1, 0.15) is 20.7 Å². The Morgan fingerprint density at radius 1 is 1.39 bits per heavy atom. The number of carbonyl (C=O) groups excluding carboxylic acids is 1. The van der Waals surface area contributed by atoms with E-state index in [-0.39, 0.29) is 16.5 Å². The number of carboxylic acids is 1. The van der Waals surface area contributed by atoms with Gasteiger partial charge in [0, 0.05) is 11.9 Å². The first-order chi connectivity index (χ1) is 8.58. The maximum Gasteiger partial charge on any atom is 0.337 e. The number of aromatic nitrogens is 2. The smallest absolute Gasteiger partial charge is 0.337 e. The van der Waals surface area contributed by atoms with E-state index in [1.54, 1.807) is 0 Å². The van der Waals surface area contributed by atoms with E-state index in [2.05, 4.69) is 15.5 Å². The second kappa shape index (κ2) is 4.89. The Morgan fingerprint density at radius 2 is 2.17 bits per heavy atom. The van der Waals surface area contributed by atoms with Crippen LogP contribution < -0.4 is 5.32 Å². The molecule has 18 heavy (non-hydrogen) atoms. The number of carbonyl (C=O) groups is 2. The maximum atomic E-state index is 11.7. The minimum Gasteiger partial charge on any atom is -0.478 e. The van der Waals surface area contributed by atoms with Gasteiger partial charge in [0.1, 0.15) is 0 Å². The van der Waals surface area contributed by atoms with E-state index in [1.807, 2.05) is 0 Å². The van der Waals surface area contributed by atoms with Crippen molar-refractivity contribution in [3.05, 3.63) is 46.7 Å². The number of hydrogen-bond donors (Lipinski definition) is 3. The highest BCUT2D eigenvalue weighted by molar-refractivity contribution is 6.33. The number of carboxylic acid groups (broad SMARTS) is 1. The number of rotatable bonds is 3. The van der Waals surface area contributed by atoms with Crippen molar-refractivity contribution < 1.29 is 14.7 Å². The number of aromatic carboxylic acids is 1. The predicted octanol–water partition coefficient (Wildman–Crippen LogP) is 2.01. The zero-order valence-electron chi connectivity index (χ0n) is 8.98. The van der Waals surface area contributed by atoms with Gasteiger partial charge in [0.2, 0.25) is 0 Å². The summed E-state index contributed by atoms with van der Waals surface area (Å²) in [4.78, 5) is 22.6. The van der Waals surface area contributed by atoms with Gasteiger partial charge in [-0.3, -0.25) is 9.89 Å². The number of amides is 1. The molecule has 1 heterocycles. The van der Waals surface area contributed by atoms with Gasteiger partial charge in [0.05, 0.1) is 22.3 Å². The van der Waals surface area contributed by atoms with Gasteiger partial charge in [-0.2, -0.15) is 5.10 Å². The molecule has 0 aliphatic heterocycles. The molecule has 0 saturated heterocycles. The highest BCUT2D eigenvalue weighted by Crippen LogP contribution is 2.20. The highest BCUT2D eigenvalue weighted by atomic mass is 35.5. The van der Waals surface area contributed by atoms with Gasteiger partial charge in [-0.05, 0) is 18.2 Å². The van der Waals surface area contributed by atoms with Gasteiger partial charge in [0.15, 0.2) is 0 Å². The first-order valence-corrected chi connectivity index (χ1v) is 5.28. The lowest BCUT2D eigenvalue weighted by Gasteiger charge is -2.05. The zero-order chi connectivity index (χ0) is 13.1. The van der Waals surface area contributed by atoms with Crippen molar-refractivity contribution in [1.29, 1.82) is 0 Å².